The zero-order valence-electron chi connectivity index (χ0n) is 20.8. The van der Waals surface area contributed by atoms with Crippen LogP contribution in [0.2, 0.25) is 0 Å². The largest absolute Gasteiger partial charge is 0.494 e. The number of methoxy groups -OCH3 is 1. The summed E-state index contributed by atoms with van der Waals surface area (Å²) in [4.78, 5) is 0. The zero-order chi connectivity index (χ0) is 23.2. The molecule has 0 aromatic heterocycles. The van der Waals surface area contributed by atoms with Gasteiger partial charge in [-0.1, -0.05) is 38.0 Å². The van der Waals surface area contributed by atoms with Crippen molar-refractivity contribution < 1.29 is 13.5 Å². The molecule has 33 heavy (non-hydrogen) atoms. The van der Waals surface area contributed by atoms with Crippen molar-refractivity contribution in [1.82, 2.24) is 0 Å². The molecule has 0 heterocycles. The van der Waals surface area contributed by atoms with Crippen molar-refractivity contribution in [3.05, 3.63) is 41.5 Å². The predicted octanol–water partition coefficient (Wildman–Crippen LogP) is 9.22. The Hall–Kier alpha value is -1.38. The van der Waals surface area contributed by atoms with Crippen molar-refractivity contribution in [2.45, 2.75) is 103 Å². The Balaban J connectivity index is 1.14. The molecule has 0 amide bonds. The summed E-state index contributed by atoms with van der Waals surface area (Å²) in [6, 6.07) is 3.28. The van der Waals surface area contributed by atoms with Crippen LogP contribution in [0.3, 0.4) is 0 Å². The van der Waals surface area contributed by atoms with Gasteiger partial charge in [0.1, 0.15) is 0 Å². The normalized spacial score (nSPS) is 33.3. The van der Waals surface area contributed by atoms with Gasteiger partial charge in [-0.05, 0) is 124 Å². The van der Waals surface area contributed by atoms with E-state index < -0.39 is 11.6 Å². The van der Waals surface area contributed by atoms with Gasteiger partial charge < -0.3 is 4.74 Å². The molecule has 3 aliphatic rings. The molecule has 4 rings (SSSR count). The van der Waals surface area contributed by atoms with E-state index in [0.717, 1.165) is 55.3 Å². The van der Waals surface area contributed by atoms with Crippen LogP contribution in [0.15, 0.2) is 24.3 Å². The van der Waals surface area contributed by atoms with Crippen LogP contribution < -0.4 is 4.74 Å². The lowest BCUT2D eigenvalue weighted by molar-refractivity contribution is 0.160. The van der Waals surface area contributed by atoms with Crippen molar-refractivity contribution in [1.29, 1.82) is 0 Å². The third-order valence-corrected chi connectivity index (χ3v) is 9.28. The Morgan fingerprint density at radius 1 is 0.818 bits per heavy atom. The van der Waals surface area contributed by atoms with E-state index in [2.05, 4.69) is 19.1 Å². The third-order valence-electron chi connectivity index (χ3n) is 9.28. The van der Waals surface area contributed by atoms with E-state index in [9.17, 15) is 8.78 Å². The van der Waals surface area contributed by atoms with Crippen LogP contribution in [-0.4, -0.2) is 7.11 Å². The molecule has 3 fully saturated rings. The monoisotopic (exact) mass is 458 g/mol. The molecule has 0 bridgehead atoms. The average Bonchev–Trinajstić information content (AvgIpc) is 2.85. The van der Waals surface area contributed by atoms with Crippen LogP contribution in [-0.2, 0) is 0 Å². The topological polar surface area (TPSA) is 9.23 Å². The molecule has 3 saturated carbocycles. The first-order valence-corrected chi connectivity index (χ1v) is 13.7. The fourth-order valence-electron chi connectivity index (χ4n) is 6.97. The van der Waals surface area contributed by atoms with Crippen molar-refractivity contribution in [3.63, 3.8) is 0 Å². The maximum absolute atomic E-state index is 14.4. The van der Waals surface area contributed by atoms with Gasteiger partial charge in [-0.3, -0.25) is 0 Å². The highest BCUT2D eigenvalue weighted by atomic mass is 19.2. The second-order valence-electron chi connectivity index (χ2n) is 11.4. The average molecular weight is 459 g/mol. The molecule has 0 radical (unpaired) electrons. The summed E-state index contributed by atoms with van der Waals surface area (Å²) in [5.74, 6) is 3.08. The number of rotatable bonds is 7. The molecule has 3 heteroatoms. The number of allylic oxidation sites excluding steroid dienone is 2. The van der Waals surface area contributed by atoms with Crippen molar-refractivity contribution >= 4 is 0 Å². The third kappa shape index (κ3) is 6.40. The smallest absolute Gasteiger partial charge is 0.200 e. The highest BCUT2D eigenvalue weighted by Crippen LogP contribution is 2.42. The molecule has 0 aliphatic heterocycles. The number of benzene rings is 1. The lowest BCUT2D eigenvalue weighted by atomic mass is 9.69. The SMILES string of the molecule is COc1ccc(C2CCC(CC/C=C/C3CCC(C4CCC(C)CC4)CC3)CC2)c(F)c1F. The Morgan fingerprint density at radius 2 is 1.45 bits per heavy atom. The molecule has 0 N–H and O–H groups in total. The standard InChI is InChI=1S/C30H44F2O/c1-21-7-13-24(14-8-21)25-15-9-22(10-16-25)5-3-4-6-23-11-17-26(18-12-23)27-19-20-28(33-2)30(32)29(27)31/h3,5,19-26H,4,6-18H2,1-2H3/b5-3+. The van der Waals surface area contributed by atoms with Crippen molar-refractivity contribution in [3.8, 4) is 5.75 Å². The first-order valence-electron chi connectivity index (χ1n) is 13.7. The number of hydrogen-bond acceptors (Lipinski definition) is 1. The van der Waals surface area contributed by atoms with Crippen molar-refractivity contribution in [2.24, 2.45) is 29.6 Å². The lowest BCUT2D eigenvalue weighted by Gasteiger charge is -2.36. The van der Waals surface area contributed by atoms with Gasteiger partial charge in [0, 0.05) is 0 Å². The van der Waals surface area contributed by atoms with E-state index in [1.165, 1.54) is 71.3 Å². The van der Waals surface area contributed by atoms with E-state index in [-0.39, 0.29) is 11.7 Å². The molecule has 184 valence electrons. The molecule has 0 spiro atoms. The number of ether oxygens (including phenoxy) is 1. The van der Waals surface area contributed by atoms with E-state index >= 15 is 0 Å². The van der Waals surface area contributed by atoms with E-state index in [4.69, 9.17) is 4.74 Å². The summed E-state index contributed by atoms with van der Waals surface area (Å²) in [7, 11) is 1.38. The Kier molecular flexibility index (Phi) is 8.88. The van der Waals surface area contributed by atoms with E-state index in [1.807, 2.05) is 0 Å². The van der Waals surface area contributed by atoms with Gasteiger partial charge >= 0.3 is 0 Å². The molecule has 0 unspecified atom stereocenters. The summed E-state index contributed by atoms with van der Waals surface area (Å²) in [5, 5.41) is 0. The summed E-state index contributed by atoms with van der Waals surface area (Å²) < 4.78 is 33.4. The first kappa shape index (κ1) is 24.7. The number of halogens is 2. The van der Waals surface area contributed by atoms with E-state index in [0.29, 0.717) is 5.56 Å². The maximum Gasteiger partial charge on any atom is 0.200 e. The highest BCUT2D eigenvalue weighted by Gasteiger charge is 2.29. The summed E-state index contributed by atoms with van der Waals surface area (Å²) in [6.45, 7) is 2.42. The Labute approximate surface area is 200 Å². The molecular weight excluding hydrogens is 414 g/mol. The second kappa shape index (κ2) is 11.8. The first-order chi connectivity index (χ1) is 16.0. The van der Waals surface area contributed by atoms with Gasteiger partial charge in [0.15, 0.2) is 11.6 Å². The molecule has 1 aromatic rings. The summed E-state index contributed by atoms with van der Waals surface area (Å²) >= 11 is 0. The van der Waals surface area contributed by atoms with Gasteiger partial charge in [-0.25, -0.2) is 4.39 Å². The maximum atomic E-state index is 14.4. The minimum Gasteiger partial charge on any atom is -0.494 e. The fourth-order valence-corrected chi connectivity index (χ4v) is 6.97. The van der Waals surface area contributed by atoms with Crippen LogP contribution in [0.5, 0.6) is 5.75 Å². The minimum absolute atomic E-state index is 0.00571. The van der Waals surface area contributed by atoms with Crippen molar-refractivity contribution in [2.75, 3.05) is 7.11 Å². The molecule has 0 saturated heterocycles. The molecular formula is C30H44F2O. The fraction of sp³-hybridized carbons (Fsp3) is 0.733. The molecule has 0 atom stereocenters. The van der Waals surface area contributed by atoms with Crippen LogP contribution in [0, 0.1) is 41.2 Å². The zero-order valence-corrected chi connectivity index (χ0v) is 20.8. The summed E-state index contributed by atoms with van der Waals surface area (Å²) in [6.07, 6.45) is 23.1. The quantitative estimate of drug-likeness (QED) is 0.370. The van der Waals surface area contributed by atoms with Gasteiger partial charge in [-0.2, -0.15) is 4.39 Å². The summed E-state index contributed by atoms with van der Waals surface area (Å²) in [5.41, 5.74) is 0.532. The van der Waals surface area contributed by atoms with Crippen LogP contribution in [0.25, 0.3) is 0 Å². The van der Waals surface area contributed by atoms with Crippen LogP contribution in [0.4, 0.5) is 8.78 Å². The molecule has 3 aliphatic carbocycles. The molecule has 1 aromatic carbocycles. The van der Waals surface area contributed by atoms with Gasteiger partial charge in [-0.15, -0.1) is 0 Å². The minimum atomic E-state index is -0.843. The van der Waals surface area contributed by atoms with E-state index in [1.54, 1.807) is 12.1 Å². The predicted molar refractivity (Wildman–Crippen MR) is 133 cm³/mol. The lowest BCUT2D eigenvalue weighted by Crippen LogP contribution is -2.24. The molecule has 1 nitrogen and oxygen atoms in total. The van der Waals surface area contributed by atoms with Crippen LogP contribution in [0.1, 0.15) is 108 Å². The van der Waals surface area contributed by atoms with Gasteiger partial charge in [0.2, 0.25) is 5.82 Å². The Morgan fingerprint density at radius 3 is 2.09 bits per heavy atom. The highest BCUT2D eigenvalue weighted by molar-refractivity contribution is 5.33. The Bertz CT molecular complexity index is 764. The van der Waals surface area contributed by atoms with Gasteiger partial charge in [0.25, 0.3) is 0 Å². The second-order valence-corrected chi connectivity index (χ2v) is 11.4. The van der Waals surface area contributed by atoms with Gasteiger partial charge in [0.05, 0.1) is 7.11 Å². The van der Waals surface area contributed by atoms with Crippen LogP contribution >= 0.6 is 0 Å². The number of hydrogen-bond donors (Lipinski definition) is 0.